The highest BCUT2D eigenvalue weighted by atomic mass is 16.5. The van der Waals surface area contributed by atoms with Crippen LogP contribution in [0.3, 0.4) is 0 Å². The molecule has 0 saturated heterocycles. The van der Waals surface area contributed by atoms with Crippen LogP contribution in [0.2, 0.25) is 0 Å². The molecule has 0 aliphatic carbocycles. The van der Waals surface area contributed by atoms with Crippen LogP contribution in [0.1, 0.15) is 44.7 Å². The Bertz CT molecular complexity index is 424. The van der Waals surface area contributed by atoms with Crippen LogP contribution in [0.15, 0.2) is 18.2 Å². The van der Waals surface area contributed by atoms with Crippen molar-refractivity contribution in [3.63, 3.8) is 0 Å². The first-order valence-electron chi connectivity index (χ1n) is 6.83. The lowest BCUT2D eigenvalue weighted by molar-refractivity contribution is -0.147. The third-order valence-electron chi connectivity index (χ3n) is 3.19. The van der Waals surface area contributed by atoms with E-state index in [1.54, 1.807) is 7.11 Å². The van der Waals surface area contributed by atoms with E-state index < -0.39 is 0 Å². The van der Waals surface area contributed by atoms with Crippen molar-refractivity contribution < 1.29 is 14.3 Å². The maximum Gasteiger partial charge on any atom is 0.308 e. The van der Waals surface area contributed by atoms with Crippen molar-refractivity contribution in [2.75, 3.05) is 13.7 Å². The molecule has 0 fully saturated rings. The second-order valence-corrected chi connectivity index (χ2v) is 5.08. The number of hydrogen-bond acceptors (Lipinski definition) is 3. The van der Waals surface area contributed by atoms with E-state index in [1.807, 2.05) is 19.9 Å². The minimum Gasteiger partial charge on any atom is -0.496 e. The van der Waals surface area contributed by atoms with Crippen LogP contribution in [-0.2, 0) is 16.0 Å². The van der Waals surface area contributed by atoms with E-state index in [1.165, 1.54) is 5.56 Å². The Hall–Kier alpha value is -1.51. The average molecular weight is 264 g/mol. The molecule has 1 aromatic rings. The van der Waals surface area contributed by atoms with Crippen molar-refractivity contribution in [3.05, 3.63) is 29.3 Å². The molecule has 0 aromatic heterocycles. The molecule has 3 heteroatoms. The van der Waals surface area contributed by atoms with E-state index in [4.69, 9.17) is 9.47 Å². The monoisotopic (exact) mass is 264 g/mol. The van der Waals surface area contributed by atoms with Gasteiger partial charge in [-0.25, -0.2) is 0 Å². The molecule has 0 N–H and O–H groups in total. The predicted octanol–water partition coefficient (Wildman–Crippen LogP) is 3.56. The summed E-state index contributed by atoms with van der Waals surface area (Å²) in [5.74, 6) is 0.985. The molecule has 0 aliphatic rings. The first-order valence-corrected chi connectivity index (χ1v) is 6.83. The summed E-state index contributed by atoms with van der Waals surface area (Å²) in [5.41, 5.74) is 2.32. The van der Waals surface area contributed by atoms with Crippen molar-refractivity contribution in [2.45, 2.75) is 40.0 Å². The fraction of sp³-hybridized carbons (Fsp3) is 0.562. The molecule has 1 aromatic carbocycles. The summed E-state index contributed by atoms with van der Waals surface area (Å²) in [6.45, 7) is 8.44. The van der Waals surface area contributed by atoms with Crippen molar-refractivity contribution in [1.29, 1.82) is 0 Å². The van der Waals surface area contributed by atoms with E-state index >= 15 is 0 Å². The van der Waals surface area contributed by atoms with Gasteiger partial charge >= 0.3 is 5.97 Å². The number of carbonyl (C=O) groups is 1. The van der Waals surface area contributed by atoms with E-state index in [0.29, 0.717) is 18.9 Å². The number of methoxy groups -OCH3 is 1. The Morgan fingerprint density at radius 1 is 1.26 bits per heavy atom. The Morgan fingerprint density at radius 3 is 2.47 bits per heavy atom. The molecule has 0 spiro atoms. The van der Waals surface area contributed by atoms with Crippen LogP contribution in [-0.4, -0.2) is 19.7 Å². The van der Waals surface area contributed by atoms with Crippen molar-refractivity contribution >= 4 is 5.97 Å². The maximum absolute atomic E-state index is 11.7. The topological polar surface area (TPSA) is 35.5 Å². The lowest BCUT2D eigenvalue weighted by Gasteiger charge is -2.15. The predicted molar refractivity (Wildman–Crippen MR) is 76.6 cm³/mol. The van der Waals surface area contributed by atoms with Crippen molar-refractivity contribution in [3.8, 4) is 5.75 Å². The Morgan fingerprint density at radius 2 is 1.95 bits per heavy atom. The van der Waals surface area contributed by atoms with E-state index in [2.05, 4.69) is 26.0 Å². The van der Waals surface area contributed by atoms with Crippen LogP contribution in [0.5, 0.6) is 5.75 Å². The molecule has 0 bridgehead atoms. The van der Waals surface area contributed by atoms with E-state index in [9.17, 15) is 4.79 Å². The number of hydrogen-bond donors (Lipinski definition) is 0. The van der Waals surface area contributed by atoms with Gasteiger partial charge in [0.25, 0.3) is 0 Å². The van der Waals surface area contributed by atoms with Gasteiger partial charge in [0, 0.05) is 0 Å². The smallest absolute Gasteiger partial charge is 0.308 e. The first-order chi connectivity index (χ1) is 8.99. The summed E-state index contributed by atoms with van der Waals surface area (Å²) in [5, 5.41) is 0. The fourth-order valence-electron chi connectivity index (χ4n) is 2.01. The highest BCUT2D eigenvalue weighted by molar-refractivity contribution is 5.72. The molecule has 1 atom stereocenters. The number of esters is 1. The molecular weight excluding hydrogens is 240 g/mol. The highest BCUT2D eigenvalue weighted by Crippen LogP contribution is 2.26. The number of rotatable bonds is 6. The Labute approximate surface area is 115 Å². The molecule has 1 rings (SSSR count). The largest absolute Gasteiger partial charge is 0.496 e. The van der Waals surface area contributed by atoms with Gasteiger partial charge < -0.3 is 9.47 Å². The SMILES string of the molecule is CCOC(=O)C(C)Cc1cc(C(C)C)ccc1OC. The average Bonchev–Trinajstić information content (AvgIpc) is 2.38. The third kappa shape index (κ3) is 4.27. The second-order valence-electron chi connectivity index (χ2n) is 5.08. The Balaban J connectivity index is 2.91. The van der Waals surface area contributed by atoms with Crippen molar-refractivity contribution in [1.82, 2.24) is 0 Å². The molecule has 19 heavy (non-hydrogen) atoms. The minimum absolute atomic E-state index is 0.153. The fourth-order valence-corrected chi connectivity index (χ4v) is 2.01. The van der Waals surface area contributed by atoms with Gasteiger partial charge in [0.2, 0.25) is 0 Å². The van der Waals surface area contributed by atoms with Crippen LogP contribution in [0.4, 0.5) is 0 Å². The molecule has 0 radical (unpaired) electrons. The number of carbonyl (C=O) groups excluding carboxylic acids is 1. The lowest BCUT2D eigenvalue weighted by Crippen LogP contribution is -2.17. The maximum atomic E-state index is 11.7. The third-order valence-corrected chi connectivity index (χ3v) is 3.19. The standard InChI is InChI=1S/C16H24O3/c1-6-19-16(17)12(4)9-14-10-13(11(2)3)7-8-15(14)18-5/h7-8,10-12H,6,9H2,1-5H3. The molecule has 3 nitrogen and oxygen atoms in total. The van der Waals surface area contributed by atoms with E-state index in [0.717, 1.165) is 11.3 Å². The first kappa shape index (κ1) is 15.5. The normalized spacial score (nSPS) is 12.3. The summed E-state index contributed by atoms with van der Waals surface area (Å²) in [4.78, 5) is 11.7. The molecule has 0 heterocycles. The van der Waals surface area contributed by atoms with Crippen molar-refractivity contribution in [2.24, 2.45) is 5.92 Å². The van der Waals surface area contributed by atoms with Gasteiger partial charge in [-0.3, -0.25) is 4.79 Å². The number of benzene rings is 1. The number of ether oxygens (including phenoxy) is 2. The zero-order valence-electron chi connectivity index (χ0n) is 12.5. The van der Waals surface area contributed by atoms with Gasteiger partial charge in [-0.1, -0.05) is 32.9 Å². The van der Waals surface area contributed by atoms with Crippen LogP contribution >= 0.6 is 0 Å². The summed E-state index contributed by atoms with van der Waals surface area (Å²) < 4.78 is 10.4. The minimum atomic E-state index is -0.156. The summed E-state index contributed by atoms with van der Waals surface area (Å²) in [6.07, 6.45) is 0.641. The quantitative estimate of drug-likeness (QED) is 0.737. The highest BCUT2D eigenvalue weighted by Gasteiger charge is 2.17. The molecular formula is C16H24O3. The summed E-state index contributed by atoms with van der Waals surface area (Å²) in [6, 6.07) is 6.17. The zero-order chi connectivity index (χ0) is 14.4. The van der Waals surface area contributed by atoms with Gasteiger partial charge in [0.15, 0.2) is 0 Å². The van der Waals surface area contributed by atoms with Gasteiger partial charge in [0.1, 0.15) is 5.75 Å². The molecule has 1 unspecified atom stereocenters. The van der Waals surface area contributed by atoms with Gasteiger partial charge in [-0.15, -0.1) is 0 Å². The molecule has 0 amide bonds. The van der Waals surface area contributed by atoms with Gasteiger partial charge in [-0.05, 0) is 36.5 Å². The second kappa shape index (κ2) is 7.17. The molecule has 106 valence electrons. The van der Waals surface area contributed by atoms with Crippen LogP contribution in [0, 0.1) is 5.92 Å². The summed E-state index contributed by atoms with van der Waals surface area (Å²) >= 11 is 0. The van der Waals surface area contributed by atoms with E-state index in [-0.39, 0.29) is 11.9 Å². The molecule has 0 aliphatic heterocycles. The van der Waals surface area contributed by atoms with Gasteiger partial charge in [0.05, 0.1) is 19.6 Å². The van der Waals surface area contributed by atoms with Crippen LogP contribution in [0.25, 0.3) is 0 Å². The lowest BCUT2D eigenvalue weighted by atomic mass is 9.95. The van der Waals surface area contributed by atoms with Crippen LogP contribution < -0.4 is 4.74 Å². The summed E-state index contributed by atoms with van der Waals surface area (Å²) in [7, 11) is 1.66. The Kier molecular flexibility index (Phi) is 5.87. The molecule has 0 saturated carbocycles. The van der Waals surface area contributed by atoms with Gasteiger partial charge in [-0.2, -0.15) is 0 Å². The zero-order valence-corrected chi connectivity index (χ0v) is 12.5.